The fourth-order valence-corrected chi connectivity index (χ4v) is 8.54. The Morgan fingerprint density at radius 2 is 1.85 bits per heavy atom. The number of carbonyl (C=O) groups excluding carboxylic acids is 1. The maximum atomic E-state index is 13.0. The van der Waals surface area contributed by atoms with Crippen LogP contribution in [0.15, 0.2) is 35.5 Å². The highest BCUT2D eigenvalue weighted by atomic mass is 16.3. The van der Waals surface area contributed by atoms with E-state index in [0.717, 1.165) is 62.5 Å². The molecule has 39 heavy (non-hydrogen) atoms. The lowest BCUT2D eigenvalue weighted by Gasteiger charge is -2.45. The predicted octanol–water partition coefficient (Wildman–Crippen LogP) is 7.61. The maximum Gasteiger partial charge on any atom is 0.139 e. The Kier molecular flexibility index (Phi) is 10.4. The molecule has 0 bridgehead atoms. The molecule has 0 aromatic rings. The first-order valence-corrected chi connectivity index (χ1v) is 16.3. The van der Waals surface area contributed by atoms with Crippen molar-refractivity contribution in [1.82, 2.24) is 0 Å². The molecule has 7 atom stereocenters. The first-order valence-electron chi connectivity index (χ1n) is 16.3. The average Bonchev–Trinajstić information content (AvgIpc) is 3.62. The van der Waals surface area contributed by atoms with Crippen LogP contribution in [-0.2, 0) is 4.79 Å². The maximum absolute atomic E-state index is 13.0. The molecule has 220 valence electrons. The van der Waals surface area contributed by atoms with Crippen molar-refractivity contribution in [2.24, 2.45) is 28.6 Å². The topological polar surface area (TPSA) is 77.8 Å². The fourth-order valence-electron chi connectivity index (χ4n) is 8.54. The summed E-state index contributed by atoms with van der Waals surface area (Å²) in [5.41, 5.74) is 3.29. The van der Waals surface area contributed by atoms with Crippen molar-refractivity contribution in [3.63, 3.8) is 0 Å². The molecule has 0 aliphatic heterocycles. The second kappa shape index (κ2) is 13.2. The molecule has 0 aromatic carbocycles. The molecule has 0 unspecified atom stereocenters. The number of allylic oxidation sites excluding steroid dienone is 3. The lowest BCUT2D eigenvalue weighted by Crippen LogP contribution is -2.39. The standard InChI is InChI=1S/C35H56O4/c1-5-6-7-8-9-12-33(39)35(20-21-35)19-17-31(37)25(3)29-15-16-30-26(11-10-18-34(29,30)4)13-14-27-22-28(36)23-32(38)24(27)2/h13-14,25,28-32,36-38H,2,5-12,15-23H2,1,3-4H3/b26-13+,27-14-/t25-,28+,29+,30-,31-,32-,34+/m0/s1. The Hall–Kier alpha value is -1.23. The van der Waals surface area contributed by atoms with Crippen LogP contribution in [0.5, 0.6) is 0 Å². The normalized spacial score (nSPS) is 35.7. The number of unbranched alkanes of at least 4 members (excludes halogenated alkanes) is 4. The number of fused-ring (bicyclic) bond motifs is 1. The number of carbonyl (C=O) groups is 1. The van der Waals surface area contributed by atoms with E-state index in [1.54, 1.807) is 0 Å². The number of rotatable bonds is 13. The number of hydrogen-bond acceptors (Lipinski definition) is 4. The van der Waals surface area contributed by atoms with Crippen LogP contribution in [0.2, 0.25) is 0 Å². The van der Waals surface area contributed by atoms with Crippen molar-refractivity contribution in [1.29, 1.82) is 0 Å². The zero-order chi connectivity index (χ0) is 28.2. The van der Waals surface area contributed by atoms with Crippen molar-refractivity contribution in [3.05, 3.63) is 35.5 Å². The third kappa shape index (κ3) is 6.99. The summed E-state index contributed by atoms with van der Waals surface area (Å²) in [6, 6.07) is 0. The monoisotopic (exact) mass is 540 g/mol. The molecular weight excluding hydrogens is 484 g/mol. The highest BCUT2D eigenvalue weighted by Crippen LogP contribution is 2.60. The highest BCUT2D eigenvalue weighted by molar-refractivity contribution is 5.87. The van der Waals surface area contributed by atoms with Gasteiger partial charge in [0.25, 0.3) is 0 Å². The fraction of sp³-hybridized carbons (Fsp3) is 0.800. The first kappa shape index (κ1) is 30.7. The van der Waals surface area contributed by atoms with Gasteiger partial charge in [0.1, 0.15) is 5.78 Å². The number of Topliss-reactive ketones (excluding diaryl/α,β-unsaturated/α-hetero) is 1. The van der Waals surface area contributed by atoms with Crippen LogP contribution in [0.3, 0.4) is 0 Å². The Morgan fingerprint density at radius 1 is 1.10 bits per heavy atom. The summed E-state index contributed by atoms with van der Waals surface area (Å²) in [6.07, 6.45) is 20.0. The molecule has 4 fully saturated rings. The molecule has 0 radical (unpaired) electrons. The van der Waals surface area contributed by atoms with Crippen molar-refractivity contribution >= 4 is 5.78 Å². The van der Waals surface area contributed by atoms with E-state index in [4.69, 9.17) is 0 Å². The van der Waals surface area contributed by atoms with Gasteiger partial charge in [-0.3, -0.25) is 4.79 Å². The van der Waals surface area contributed by atoms with Gasteiger partial charge in [0.2, 0.25) is 0 Å². The molecule has 4 heteroatoms. The van der Waals surface area contributed by atoms with E-state index in [1.165, 1.54) is 50.5 Å². The molecule has 4 rings (SSSR count). The van der Waals surface area contributed by atoms with Crippen molar-refractivity contribution in [2.45, 2.75) is 148 Å². The number of hydrogen-bond donors (Lipinski definition) is 3. The number of aliphatic hydroxyl groups excluding tert-OH is 3. The second-order valence-corrected chi connectivity index (χ2v) is 14.0. The summed E-state index contributed by atoms with van der Waals surface area (Å²) >= 11 is 0. The molecule has 0 saturated heterocycles. The molecule has 4 aliphatic rings. The van der Waals surface area contributed by atoms with Crippen molar-refractivity contribution in [2.75, 3.05) is 0 Å². The minimum absolute atomic E-state index is 0.119. The molecule has 0 aromatic heterocycles. The Balaban J connectivity index is 1.33. The smallest absolute Gasteiger partial charge is 0.139 e. The Labute approximate surface area is 238 Å². The summed E-state index contributed by atoms with van der Waals surface area (Å²) in [6.45, 7) is 11.0. The van der Waals surface area contributed by atoms with Gasteiger partial charge >= 0.3 is 0 Å². The second-order valence-electron chi connectivity index (χ2n) is 14.0. The minimum atomic E-state index is -0.649. The van der Waals surface area contributed by atoms with E-state index < -0.39 is 12.2 Å². The van der Waals surface area contributed by atoms with Crippen LogP contribution in [-0.4, -0.2) is 39.4 Å². The lowest BCUT2D eigenvalue weighted by atomic mass is 9.60. The summed E-state index contributed by atoms with van der Waals surface area (Å²) in [5, 5.41) is 31.7. The Morgan fingerprint density at radius 3 is 2.56 bits per heavy atom. The minimum Gasteiger partial charge on any atom is -0.393 e. The van der Waals surface area contributed by atoms with Gasteiger partial charge in [0, 0.05) is 18.3 Å². The molecule has 3 N–H and O–H groups in total. The van der Waals surface area contributed by atoms with E-state index in [0.29, 0.717) is 30.5 Å². The van der Waals surface area contributed by atoms with Gasteiger partial charge in [-0.05, 0) is 105 Å². The summed E-state index contributed by atoms with van der Waals surface area (Å²) < 4.78 is 0. The van der Waals surface area contributed by atoms with Gasteiger partial charge in [-0.2, -0.15) is 0 Å². The summed E-state index contributed by atoms with van der Waals surface area (Å²) in [5.74, 6) is 1.72. The largest absolute Gasteiger partial charge is 0.393 e. The third-order valence-corrected chi connectivity index (χ3v) is 11.4. The summed E-state index contributed by atoms with van der Waals surface area (Å²) in [7, 11) is 0. The molecule has 4 nitrogen and oxygen atoms in total. The van der Waals surface area contributed by atoms with Crippen molar-refractivity contribution < 1.29 is 20.1 Å². The van der Waals surface area contributed by atoms with Gasteiger partial charge in [0.05, 0.1) is 18.3 Å². The Bertz CT molecular complexity index is 927. The van der Waals surface area contributed by atoms with Gasteiger partial charge in [-0.15, -0.1) is 0 Å². The van der Waals surface area contributed by atoms with Gasteiger partial charge < -0.3 is 15.3 Å². The van der Waals surface area contributed by atoms with E-state index in [2.05, 4.69) is 39.5 Å². The van der Waals surface area contributed by atoms with E-state index in [1.807, 2.05) is 0 Å². The van der Waals surface area contributed by atoms with Gasteiger partial charge in [0.15, 0.2) is 0 Å². The van der Waals surface area contributed by atoms with E-state index in [9.17, 15) is 20.1 Å². The van der Waals surface area contributed by atoms with E-state index in [-0.39, 0.29) is 22.9 Å². The van der Waals surface area contributed by atoms with Gasteiger partial charge in [-0.25, -0.2) is 0 Å². The van der Waals surface area contributed by atoms with Crippen LogP contribution in [0.25, 0.3) is 0 Å². The molecular formula is C35H56O4. The number of ketones is 1. The molecule has 0 amide bonds. The predicted molar refractivity (Wildman–Crippen MR) is 159 cm³/mol. The summed E-state index contributed by atoms with van der Waals surface area (Å²) in [4.78, 5) is 13.0. The molecule has 0 heterocycles. The van der Waals surface area contributed by atoms with Crippen LogP contribution < -0.4 is 0 Å². The van der Waals surface area contributed by atoms with Crippen LogP contribution in [0.4, 0.5) is 0 Å². The average molecular weight is 541 g/mol. The van der Waals surface area contributed by atoms with Gasteiger partial charge in [-0.1, -0.05) is 70.8 Å². The zero-order valence-electron chi connectivity index (χ0n) is 25.1. The van der Waals surface area contributed by atoms with E-state index >= 15 is 0 Å². The lowest BCUT2D eigenvalue weighted by molar-refractivity contribution is -0.124. The molecule has 4 saturated carbocycles. The number of aliphatic hydroxyl groups is 3. The highest BCUT2D eigenvalue weighted by Gasteiger charge is 2.53. The zero-order valence-corrected chi connectivity index (χ0v) is 25.1. The third-order valence-electron chi connectivity index (χ3n) is 11.4. The van der Waals surface area contributed by atoms with Crippen LogP contribution in [0.1, 0.15) is 130 Å². The van der Waals surface area contributed by atoms with Crippen molar-refractivity contribution in [3.8, 4) is 0 Å². The quantitative estimate of drug-likeness (QED) is 0.210. The molecule has 4 aliphatic carbocycles. The first-order chi connectivity index (χ1) is 18.6. The van der Waals surface area contributed by atoms with Crippen LogP contribution in [0, 0.1) is 28.6 Å². The SMILES string of the molecule is C=C1/C(=C\C=C2/CCC[C@]3(C)[C@@H]([C@H](C)[C@@H](O)CCC4(C(=O)CCCCCCC)CC4)CC[C@@H]23)C[C@@H](O)C[C@@H]1O. The molecule has 0 spiro atoms. The van der Waals surface area contributed by atoms with Crippen LogP contribution >= 0.6 is 0 Å².